The number of aromatic amines is 1. The summed E-state index contributed by atoms with van der Waals surface area (Å²) in [6.07, 6.45) is 2.57. The van der Waals surface area contributed by atoms with E-state index in [0.29, 0.717) is 5.56 Å². The molecule has 5 heteroatoms. The van der Waals surface area contributed by atoms with Crippen LogP contribution in [-0.4, -0.2) is 35.2 Å². The molecule has 1 aromatic rings. The lowest BCUT2D eigenvalue weighted by Gasteiger charge is -2.10. The van der Waals surface area contributed by atoms with Crippen LogP contribution in [0.5, 0.6) is 0 Å². The Morgan fingerprint density at radius 3 is 3.14 bits per heavy atom. The van der Waals surface area contributed by atoms with Gasteiger partial charge < -0.3 is 10.6 Å². The second-order valence-corrected chi connectivity index (χ2v) is 3.57. The second-order valence-electron chi connectivity index (χ2n) is 3.57. The monoisotopic (exact) mass is 194 g/mol. The standard InChI is InChI=1S/C9H14N4O/c1-6-8(5-11-13-6)9(14)12-7-2-3-10-4-7/h5,7,10H,2-4H2,1H3,(H,11,13)(H,12,14). The molecule has 0 aliphatic carbocycles. The van der Waals surface area contributed by atoms with Gasteiger partial charge in [-0.05, 0) is 19.9 Å². The van der Waals surface area contributed by atoms with Crippen molar-refractivity contribution in [3.8, 4) is 0 Å². The van der Waals surface area contributed by atoms with Crippen LogP contribution in [0.3, 0.4) is 0 Å². The highest BCUT2D eigenvalue weighted by Crippen LogP contribution is 2.04. The first-order chi connectivity index (χ1) is 6.77. The molecule has 2 heterocycles. The highest BCUT2D eigenvalue weighted by atomic mass is 16.1. The number of rotatable bonds is 2. The number of nitrogens with zero attached hydrogens (tertiary/aromatic N) is 1. The molecular weight excluding hydrogens is 180 g/mol. The summed E-state index contributed by atoms with van der Waals surface area (Å²) < 4.78 is 0. The van der Waals surface area contributed by atoms with Crippen LogP contribution in [0.25, 0.3) is 0 Å². The van der Waals surface area contributed by atoms with E-state index in [4.69, 9.17) is 0 Å². The van der Waals surface area contributed by atoms with Crippen LogP contribution in [0.15, 0.2) is 6.20 Å². The van der Waals surface area contributed by atoms with Gasteiger partial charge in [0.25, 0.3) is 5.91 Å². The number of H-pyrrole nitrogens is 1. The molecule has 76 valence electrons. The van der Waals surface area contributed by atoms with Gasteiger partial charge >= 0.3 is 0 Å². The average Bonchev–Trinajstić information content (AvgIpc) is 2.75. The SMILES string of the molecule is Cc1[nH]ncc1C(=O)NC1CCNC1. The summed E-state index contributed by atoms with van der Waals surface area (Å²) >= 11 is 0. The molecule has 1 unspecified atom stereocenters. The van der Waals surface area contributed by atoms with Crippen molar-refractivity contribution in [3.05, 3.63) is 17.5 Å². The summed E-state index contributed by atoms with van der Waals surface area (Å²) in [6.45, 7) is 3.69. The Labute approximate surface area is 82.3 Å². The van der Waals surface area contributed by atoms with Gasteiger partial charge in [0.05, 0.1) is 11.8 Å². The van der Waals surface area contributed by atoms with Crippen molar-refractivity contribution in [3.63, 3.8) is 0 Å². The second kappa shape index (κ2) is 3.79. The summed E-state index contributed by atoms with van der Waals surface area (Å²) in [5, 5.41) is 12.7. The largest absolute Gasteiger partial charge is 0.348 e. The molecule has 0 spiro atoms. The fraction of sp³-hybridized carbons (Fsp3) is 0.556. The van der Waals surface area contributed by atoms with Crippen LogP contribution in [0.2, 0.25) is 0 Å². The first-order valence-corrected chi connectivity index (χ1v) is 4.79. The van der Waals surface area contributed by atoms with E-state index in [1.165, 1.54) is 0 Å². The number of hydrogen-bond acceptors (Lipinski definition) is 3. The average molecular weight is 194 g/mol. The predicted molar refractivity (Wildman–Crippen MR) is 52.1 cm³/mol. The number of carbonyl (C=O) groups is 1. The van der Waals surface area contributed by atoms with Gasteiger partial charge in [0.1, 0.15) is 0 Å². The summed E-state index contributed by atoms with van der Waals surface area (Å²) in [5.41, 5.74) is 1.45. The topological polar surface area (TPSA) is 69.8 Å². The Hall–Kier alpha value is -1.36. The maximum atomic E-state index is 11.7. The van der Waals surface area contributed by atoms with Crippen LogP contribution in [0.1, 0.15) is 22.5 Å². The predicted octanol–water partition coefficient (Wildman–Crippen LogP) is -0.190. The number of aromatic nitrogens is 2. The lowest BCUT2D eigenvalue weighted by Crippen LogP contribution is -2.36. The highest BCUT2D eigenvalue weighted by molar-refractivity contribution is 5.95. The van der Waals surface area contributed by atoms with Gasteiger partial charge in [0.15, 0.2) is 0 Å². The minimum absolute atomic E-state index is 0.0371. The minimum atomic E-state index is -0.0371. The molecule has 1 aliphatic rings. The molecule has 1 fully saturated rings. The quantitative estimate of drug-likeness (QED) is 0.611. The first kappa shape index (κ1) is 9.21. The summed E-state index contributed by atoms with van der Waals surface area (Å²) in [5.74, 6) is -0.0371. The number of carbonyl (C=O) groups excluding carboxylic acids is 1. The molecule has 1 aliphatic heterocycles. The lowest BCUT2D eigenvalue weighted by molar-refractivity contribution is 0.0939. The summed E-state index contributed by atoms with van der Waals surface area (Å²) in [4.78, 5) is 11.7. The van der Waals surface area contributed by atoms with Crippen molar-refractivity contribution in [2.75, 3.05) is 13.1 Å². The third-order valence-electron chi connectivity index (χ3n) is 2.47. The minimum Gasteiger partial charge on any atom is -0.348 e. The zero-order chi connectivity index (χ0) is 9.97. The smallest absolute Gasteiger partial charge is 0.254 e. The van der Waals surface area contributed by atoms with E-state index in [1.54, 1.807) is 6.20 Å². The van der Waals surface area contributed by atoms with E-state index in [2.05, 4.69) is 20.8 Å². The molecule has 2 rings (SSSR count). The third kappa shape index (κ3) is 1.77. The van der Waals surface area contributed by atoms with E-state index >= 15 is 0 Å². The molecule has 1 amide bonds. The van der Waals surface area contributed by atoms with Crippen molar-refractivity contribution >= 4 is 5.91 Å². The van der Waals surface area contributed by atoms with E-state index in [1.807, 2.05) is 6.92 Å². The molecule has 0 aromatic carbocycles. The molecule has 3 N–H and O–H groups in total. The van der Waals surface area contributed by atoms with Gasteiger partial charge in [-0.25, -0.2) is 0 Å². The van der Waals surface area contributed by atoms with E-state index in [0.717, 1.165) is 25.2 Å². The summed E-state index contributed by atoms with van der Waals surface area (Å²) in [7, 11) is 0. The number of amides is 1. The van der Waals surface area contributed by atoms with Gasteiger partial charge in [0, 0.05) is 18.3 Å². The number of nitrogens with one attached hydrogen (secondary N) is 3. The van der Waals surface area contributed by atoms with Crippen molar-refractivity contribution in [1.29, 1.82) is 0 Å². The molecular formula is C9H14N4O. The van der Waals surface area contributed by atoms with Crippen molar-refractivity contribution in [1.82, 2.24) is 20.8 Å². The van der Waals surface area contributed by atoms with Crippen LogP contribution in [0.4, 0.5) is 0 Å². The van der Waals surface area contributed by atoms with Crippen molar-refractivity contribution in [2.45, 2.75) is 19.4 Å². The Balaban J connectivity index is 1.98. The Morgan fingerprint density at radius 2 is 2.57 bits per heavy atom. The van der Waals surface area contributed by atoms with Gasteiger partial charge in [0.2, 0.25) is 0 Å². The van der Waals surface area contributed by atoms with Crippen molar-refractivity contribution < 1.29 is 4.79 Å². The molecule has 0 bridgehead atoms. The third-order valence-corrected chi connectivity index (χ3v) is 2.47. The molecule has 14 heavy (non-hydrogen) atoms. The number of hydrogen-bond donors (Lipinski definition) is 3. The summed E-state index contributed by atoms with van der Waals surface area (Å²) in [6, 6.07) is 0.261. The molecule has 1 aromatic heterocycles. The van der Waals surface area contributed by atoms with Crippen LogP contribution in [-0.2, 0) is 0 Å². The Bertz CT molecular complexity index is 327. The maximum Gasteiger partial charge on any atom is 0.254 e. The fourth-order valence-electron chi connectivity index (χ4n) is 1.62. The van der Waals surface area contributed by atoms with Gasteiger partial charge in [-0.1, -0.05) is 0 Å². The normalized spacial score (nSPS) is 21.1. The molecule has 0 radical (unpaired) electrons. The highest BCUT2D eigenvalue weighted by Gasteiger charge is 2.18. The van der Waals surface area contributed by atoms with Crippen LogP contribution >= 0.6 is 0 Å². The van der Waals surface area contributed by atoms with Gasteiger partial charge in [-0.2, -0.15) is 5.10 Å². The van der Waals surface area contributed by atoms with E-state index in [-0.39, 0.29) is 11.9 Å². The van der Waals surface area contributed by atoms with Gasteiger partial charge in [-0.15, -0.1) is 0 Å². The maximum absolute atomic E-state index is 11.7. The molecule has 1 atom stereocenters. The fourth-order valence-corrected chi connectivity index (χ4v) is 1.62. The van der Waals surface area contributed by atoms with Crippen LogP contribution < -0.4 is 10.6 Å². The van der Waals surface area contributed by atoms with E-state index in [9.17, 15) is 4.79 Å². The molecule has 5 nitrogen and oxygen atoms in total. The van der Waals surface area contributed by atoms with Crippen molar-refractivity contribution in [2.24, 2.45) is 0 Å². The Morgan fingerprint density at radius 1 is 1.71 bits per heavy atom. The molecule has 1 saturated heterocycles. The lowest BCUT2D eigenvalue weighted by atomic mass is 10.2. The zero-order valence-corrected chi connectivity index (χ0v) is 8.13. The van der Waals surface area contributed by atoms with Gasteiger partial charge in [-0.3, -0.25) is 9.89 Å². The number of aryl methyl sites for hydroxylation is 1. The van der Waals surface area contributed by atoms with E-state index < -0.39 is 0 Å². The first-order valence-electron chi connectivity index (χ1n) is 4.79. The zero-order valence-electron chi connectivity index (χ0n) is 8.13. The van der Waals surface area contributed by atoms with Crippen LogP contribution in [0, 0.1) is 6.92 Å². The Kier molecular flexibility index (Phi) is 2.49. The molecule has 0 saturated carbocycles.